The highest BCUT2D eigenvalue weighted by Gasteiger charge is 2.08. The number of hydrogen-bond donors (Lipinski definition) is 0. The smallest absolute Gasteiger partial charge is 0.0109 e. The highest BCUT2D eigenvalue weighted by molar-refractivity contribution is 4.64. The van der Waals surface area contributed by atoms with E-state index in [0.29, 0.717) is 0 Å². The first-order chi connectivity index (χ1) is 5.83. The largest absolute Gasteiger partial charge is 0.305 e. The van der Waals surface area contributed by atoms with Gasteiger partial charge in [0.2, 0.25) is 0 Å². The van der Waals surface area contributed by atoms with Crippen LogP contribution in [-0.2, 0) is 0 Å². The van der Waals surface area contributed by atoms with Crippen LogP contribution < -0.4 is 0 Å². The maximum atomic E-state index is 2.59. The third-order valence-corrected chi connectivity index (χ3v) is 2.60. The fraction of sp³-hybridized carbons (Fsp3) is 1.00. The third kappa shape index (κ3) is 3.55. The zero-order valence-electron chi connectivity index (χ0n) is 8.55. The summed E-state index contributed by atoms with van der Waals surface area (Å²) >= 11 is 0. The summed E-state index contributed by atoms with van der Waals surface area (Å²) in [4.78, 5) is 5.04. The molecular weight excluding hydrogens is 148 g/mol. The van der Waals surface area contributed by atoms with Crippen molar-refractivity contribution in [2.75, 3.05) is 39.8 Å². The monoisotopic (exact) mass is 170 g/mol. The Morgan fingerprint density at radius 3 is 2.50 bits per heavy atom. The lowest BCUT2D eigenvalue weighted by molar-refractivity contribution is 0.195. The van der Waals surface area contributed by atoms with Crippen LogP contribution in [0.4, 0.5) is 0 Å². The van der Waals surface area contributed by atoms with E-state index in [-0.39, 0.29) is 0 Å². The SMILES string of the molecule is CCCN1CCCCN(C)CC1. The molecule has 0 radical (unpaired) electrons. The lowest BCUT2D eigenvalue weighted by Crippen LogP contribution is -2.37. The Labute approximate surface area is 76.5 Å². The van der Waals surface area contributed by atoms with Crippen LogP contribution in [0.3, 0.4) is 0 Å². The van der Waals surface area contributed by atoms with Gasteiger partial charge >= 0.3 is 0 Å². The lowest BCUT2D eigenvalue weighted by Gasteiger charge is -2.28. The minimum absolute atomic E-state index is 1.25. The van der Waals surface area contributed by atoms with Gasteiger partial charge in [-0.15, -0.1) is 0 Å². The standard InChI is InChI=1S/C10H22N2/c1-3-6-12-8-5-4-7-11(2)9-10-12/h3-10H2,1-2H3. The fourth-order valence-corrected chi connectivity index (χ4v) is 1.79. The molecule has 0 unspecified atom stereocenters. The summed E-state index contributed by atoms with van der Waals surface area (Å²) in [6.07, 6.45) is 4.05. The second-order valence-electron chi connectivity index (χ2n) is 3.85. The van der Waals surface area contributed by atoms with E-state index >= 15 is 0 Å². The average Bonchev–Trinajstić information content (AvgIpc) is 2.04. The minimum atomic E-state index is 1.25. The maximum Gasteiger partial charge on any atom is 0.0109 e. The fourth-order valence-electron chi connectivity index (χ4n) is 1.79. The van der Waals surface area contributed by atoms with E-state index in [1.807, 2.05) is 0 Å². The van der Waals surface area contributed by atoms with Crippen molar-refractivity contribution in [1.82, 2.24) is 9.80 Å². The summed E-state index contributed by atoms with van der Waals surface area (Å²) in [6, 6.07) is 0. The predicted molar refractivity (Wildman–Crippen MR) is 53.5 cm³/mol. The number of likely N-dealkylation sites (N-methyl/N-ethyl adjacent to an activating group) is 1. The topological polar surface area (TPSA) is 6.48 Å². The van der Waals surface area contributed by atoms with E-state index in [1.165, 1.54) is 52.0 Å². The highest BCUT2D eigenvalue weighted by Crippen LogP contribution is 2.02. The van der Waals surface area contributed by atoms with Gasteiger partial charge in [0.05, 0.1) is 0 Å². The Kier molecular flexibility index (Phi) is 4.62. The Bertz CT molecular complexity index is 114. The van der Waals surface area contributed by atoms with Gasteiger partial charge in [-0.2, -0.15) is 0 Å². The molecule has 0 N–H and O–H groups in total. The predicted octanol–water partition coefficient (Wildman–Crippen LogP) is 1.42. The molecule has 0 aromatic rings. The molecule has 72 valence electrons. The van der Waals surface area contributed by atoms with Gasteiger partial charge in [-0.05, 0) is 45.9 Å². The summed E-state index contributed by atoms with van der Waals surface area (Å²) in [5.74, 6) is 0. The van der Waals surface area contributed by atoms with Gasteiger partial charge < -0.3 is 9.80 Å². The molecule has 0 bridgehead atoms. The van der Waals surface area contributed by atoms with Crippen molar-refractivity contribution in [1.29, 1.82) is 0 Å². The van der Waals surface area contributed by atoms with Crippen LogP contribution in [0.2, 0.25) is 0 Å². The average molecular weight is 170 g/mol. The van der Waals surface area contributed by atoms with Crippen LogP contribution in [0.15, 0.2) is 0 Å². The number of hydrogen-bond acceptors (Lipinski definition) is 2. The molecule has 1 aliphatic heterocycles. The van der Waals surface area contributed by atoms with E-state index in [9.17, 15) is 0 Å². The lowest BCUT2D eigenvalue weighted by atomic mass is 10.2. The molecule has 1 fully saturated rings. The number of rotatable bonds is 2. The quantitative estimate of drug-likeness (QED) is 0.618. The van der Waals surface area contributed by atoms with E-state index in [1.54, 1.807) is 0 Å². The van der Waals surface area contributed by atoms with Crippen LogP contribution in [0.5, 0.6) is 0 Å². The first-order valence-electron chi connectivity index (χ1n) is 5.24. The maximum absolute atomic E-state index is 2.59. The van der Waals surface area contributed by atoms with E-state index < -0.39 is 0 Å². The van der Waals surface area contributed by atoms with Crippen LogP contribution in [-0.4, -0.2) is 49.6 Å². The summed E-state index contributed by atoms with van der Waals surface area (Å²) in [5, 5.41) is 0. The van der Waals surface area contributed by atoms with Crippen LogP contribution in [0.25, 0.3) is 0 Å². The summed E-state index contributed by atoms with van der Waals surface area (Å²) in [7, 11) is 2.23. The molecule has 0 aromatic heterocycles. The zero-order valence-corrected chi connectivity index (χ0v) is 8.55. The van der Waals surface area contributed by atoms with Gasteiger partial charge in [0.25, 0.3) is 0 Å². The Morgan fingerprint density at radius 2 is 1.75 bits per heavy atom. The Hall–Kier alpha value is -0.0800. The summed E-state index contributed by atoms with van der Waals surface area (Å²) < 4.78 is 0. The second-order valence-corrected chi connectivity index (χ2v) is 3.85. The van der Waals surface area contributed by atoms with Gasteiger partial charge in [0.15, 0.2) is 0 Å². The molecular formula is C10H22N2. The van der Waals surface area contributed by atoms with Crippen molar-refractivity contribution in [3.8, 4) is 0 Å². The molecule has 0 saturated carbocycles. The first kappa shape index (κ1) is 10.0. The normalized spacial score (nSPS) is 23.5. The van der Waals surface area contributed by atoms with Gasteiger partial charge in [-0.25, -0.2) is 0 Å². The molecule has 2 nitrogen and oxygen atoms in total. The van der Waals surface area contributed by atoms with E-state index in [0.717, 1.165) is 0 Å². The van der Waals surface area contributed by atoms with E-state index in [2.05, 4.69) is 23.8 Å². The molecule has 0 spiro atoms. The first-order valence-corrected chi connectivity index (χ1v) is 5.24. The molecule has 0 aromatic carbocycles. The molecule has 1 rings (SSSR count). The Morgan fingerprint density at radius 1 is 1.00 bits per heavy atom. The van der Waals surface area contributed by atoms with Crippen molar-refractivity contribution >= 4 is 0 Å². The van der Waals surface area contributed by atoms with Gasteiger partial charge in [0.1, 0.15) is 0 Å². The van der Waals surface area contributed by atoms with Gasteiger partial charge in [-0.1, -0.05) is 6.92 Å². The van der Waals surface area contributed by atoms with E-state index in [4.69, 9.17) is 0 Å². The molecule has 2 heteroatoms. The second kappa shape index (κ2) is 5.55. The molecule has 0 aliphatic carbocycles. The van der Waals surface area contributed by atoms with Crippen LogP contribution in [0.1, 0.15) is 26.2 Å². The summed E-state index contributed by atoms with van der Waals surface area (Å²) in [6.45, 7) is 8.68. The van der Waals surface area contributed by atoms with Gasteiger partial charge in [-0.3, -0.25) is 0 Å². The van der Waals surface area contributed by atoms with Crippen LogP contribution in [0, 0.1) is 0 Å². The molecule has 12 heavy (non-hydrogen) atoms. The van der Waals surface area contributed by atoms with Crippen molar-refractivity contribution in [3.05, 3.63) is 0 Å². The van der Waals surface area contributed by atoms with Crippen LogP contribution >= 0.6 is 0 Å². The van der Waals surface area contributed by atoms with Crippen molar-refractivity contribution < 1.29 is 0 Å². The molecule has 0 atom stereocenters. The minimum Gasteiger partial charge on any atom is -0.305 e. The highest BCUT2D eigenvalue weighted by atomic mass is 15.2. The van der Waals surface area contributed by atoms with Crippen molar-refractivity contribution in [2.45, 2.75) is 26.2 Å². The number of nitrogens with zero attached hydrogens (tertiary/aromatic N) is 2. The molecule has 1 heterocycles. The molecule has 0 amide bonds. The van der Waals surface area contributed by atoms with Crippen molar-refractivity contribution in [3.63, 3.8) is 0 Å². The molecule has 1 aliphatic rings. The zero-order chi connectivity index (χ0) is 8.81. The molecule has 1 saturated heterocycles. The summed E-state index contributed by atoms with van der Waals surface area (Å²) in [5.41, 5.74) is 0. The van der Waals surface area contributed by atoms with Crippen molar-refractivity contribution in [2.24, 2.45) is 0 Å². The Balaban J connectivity index is 2.24. The third-order valence-electron chi connectivity index (χ3n) is 2.60. The van der Waals surface area contributed by atoms with Gasteiger partial charge in [0, 0.05) is 13.1 Å².